The average Bonchev–Trinajstić information content (AvgIpc) is 3.23. The quantitative estimate of drug-likeness (QED) is 0.678. The number of ether oxygens (including phenoxy) is 1. The lowest BCUT2D eigenvalue weighted by Gasteiger charge is -2.24. The minimum Gasteiger partial charge on any atom is -0.381 e. The van der Waals surface area contributed by atoms with Crippen molar-refractivity contribution in [3.63, 3.8) is 0 Å². The van der Waals surface area contributed by atoms with Crippen molar-refractivity contribution >= 4 is 5.96 Å². The number of alkyl halides is 2. The number of imidazole rings is 1. The van der Waals surface area contributed by atoms with Gasteiger partial charge in [0.25, 0.3) is 0 Å². The second-order valence-corrected chi connectivity index (χ2v) is 5.90. The molecule has 2 aliphatic rings. The first kappa shape index (κ1) is 15.2. The minimum atomic E-state index is -2.58. The van der Waals surface area contributed by atoms with Crippen LogP contribution in [0, 0.1) is 5.41 Å². The van der Waals surface area contributed by atoms with Crippen LogP contribution < -0.4 is 5.32 Å². The minimum absolute atomic E-state index is 0.226. The number of rotatable bonds is 3. The molecule has 0 aromatic carbocycles. The largest absolute Gasteiger partial charge is 0.381 e. The third kappa shape index (κ3) is 2.92. The van der Waals surface area contributed by atoms with E-state index in [-0.39, 0.29) is 12.0 Å². The molecule has 0 aliphatic carbocycles. The van der Waals surface area contributed by atoms with E-state index < -0.39 is 6.55 Å². The van der Waals surface area contributed by atoms with Crippen molar-refractivity contribution in [3.05, 3.63) is 18.2 Å². The van der Waals surface area contributed by atoms with Gasteiger partial charge in [-0.1, -0.05) is 0 Å². The molecular formula is C14H21F2N5O. The molecule has 1 N–H and O–H groups in total. The van der Waals surface area contributed by atoms with Crippen molar-refractivity contribution in [2.75, 3.05) is 33.4 Å². The topological polar surface area (TPSA) is 54.7 Å². The summed E-state index contributed by atoms with van der Waals surface area (Å²) in [6.07, 6.45) is 4.83. The molecule has 122 valence electrons. The molecule has 2 aliphatic heterocycles. The number of hydrogen-bond acceptors (Lipinski definition) is 3. The summed E-state index contributed by atoms with van der Waals surface area (Å²) in [5.41, 5.74) is 0.235. The van der Waals surface area contributed by atoms with Crippen LogP contribution in [0.15, 0.2) is 17.4 Å². The fourth-order valence-electron chi connectivity index (χ4n) is 3.24. The third-order valence-electron chi connectivity index (χ3n) is 4.50. The van der Waals surface area contributed by atoms with Crippen LogP contribution in [-0.4, -0.2) is 53.8 Å². The van der Waals surface area contributed by atoms with E-state index in [4.69, 9.17) is 4.74 Å². The summed E-state index contributed by atoms with van der Waals surface area (Å²) in [6.45, 7) is 1.08. The van der Waals surface area contributed by atoms with Crippen LogP contribution >= 0.6 is 0 Å². The molecule has 2 saturated heterocycles. The van der Waals surface area contributed by atoms with E-state index >= 15 is 0 Å². The van der Waals surface area contributed by atoms with Gasteiger partial charge in [0.05, 0.1) is 13.2 Å². The molecule has 1 atom stereocenters. The van der Waals surface area contributed by atoms with Crippen molar-refractivity contribution in [1.82, 2.24) is 19.8 Å². The number of aliphatic imine (C=N–C) groups is 1. The number of guanidine groups is 1. The summed E-state index contributed by atoms with van der Waals surface area (Å²) in [4.78, 5) is 10.4. The summed E-state index contributed by atoms with van der Waals surface area (Å²) >= 11 is 0. The predicted octanol–water partition coefficient (Wildman–Crippen LogP) is 1.47. The van der Waals surface area contributed by atoms with Crippen molar-refractivity contribution in [2.45, 2.75) is 25.9 Å². The van der Waals surface area contributed by atoms with Crippen LogP contribution in [0.2, 0.25) is 0 Å². The van der Waals surface area contributed by atoms with Gasteiger partial charge in [-0.3, -0.25) is 9.56 Å². The molecule has 0 saturated carbocycles. The molecule has 3 rings (SSSR count). The third-order valence-corrected chi connectivity index (χ3v) is 4.50. The lowest BCUT2D eigenvalue weighted by molar-refractivity contribution is 0.0668. The number of nitrogens with zero attached hydrogens (tertiary/aromatic N) is 4. The van der Waals surface area contributed by atoms with Gasteiger partial charge in [0.2, 0.25) is 0 Å². The van der Waals surface area contributed by atoms with Gasteiger partial charge in [-0.15, -0.1) is 0 Å². The SMILES string of the molecule is CN=C(NCc1nccn1C(F)F)N1CCC2(CCOC2)C1. The molecule has 1 spiro atoms. The fourth-order valence-corrected chi connectivity index (χ4v) is 3.24. The molecule has 2 fully saturated rings. The Kier molecular flexibility index (Phi) is 4.28. The van der Waals surface area contributed by atoms with E-state index in [1.54, 1.807) is 7.05 Å². The Morgan fingerprint density at radius 2 is 2.41 bits per heavy atom. The highest BCUT2D eigenvalue weighted by atomic mass is 19.3. The highest BCUT2D eigenvalue weighted by Gasteiger charge is 2.42. The van der Waals surface area contributed by atoms with Gasteiger partial charge in [0, 0.05) is 44.6 Å². The molecule has 0 amide bonds. The number of likely N-dealkylation sites (tertiary alicyclic amines) is 1. The molecule has 1 unspecified atom stereocenters. The molecular weight excluding hydrogens is 292 g/mol. The van der Waals surface area contributed by atoms with E-state index in [1.807, 2.05) is 0 Å². The molecule has 1 aromatic heterocycles. The smallest absolute Gasteiger partial charge is 0.319 e. The first-order valence-corrected chi connectivity index (χ1v) is 7.47. The summed E-state index contributed by atoms with van der Waals surface area (Å²) in [6, 6.07) is 0. The van der Waals surface area contributed by atoms with Crippen LogP contribution in [0.3, 0.4) is 0 Å². The summed E-state index contributed by atoms with van der Waals surface area (Å²) in [5, 5.41) is 3.13. The maximum absolute atomic E-state index is 12.8. The average molecular weight is 313 g/mol. The second kappa shape index (κ2) is 6.20. The normalized spacial score (nSPS) is 25.6. The number of nitrogens with one attached hydrogen (secondary N) is 1. The van der Waals surface area contributed by atoms with Crippen LogP contribution in [0.5, 0.6) is 0 Å². The van der Waals surface area contributed by atoms with E-state index in [2.05, 4.69) is 20.2 Å². The Morgan fingerprint density at radius 3 is 3.09 bits per heavy atom. The lowest BCUT2D eigenvalue weighted by Crippen LogP contribution is -2.41. The fraction of sp³-hybridized carbons (Fsp3) is 0.714. The highest BCUT2D eigenvalue weighted by molar-refractivity contribution is 5.80. The Balaban J connectivity index is 1.60. The van der Waals surface area contributed by atoms with Crippen LogP contribution in [-0.2, 0) is 11.3 Å². The van der Waals surface area contributed by atoms with E-state index in [0.717, 1.165) is 49.7 Å². The first-order chi connectivity index (χ1) is 10.6. The van der Waals surface area contributed by atoms with Crippen molar-refractivity contribution < 1.29 is 13.5 Å². The zero-order valence-electron chi connectivity index (χ0n) is 12.6. The van der Waals surface area contributed by atoms with Crippen molar-refractivity contribution in [3.8, 4) is 0 Å². The van der Waals surface area contributed by atoms with Crippen molar-refractivity contribution in [1.29, 1.82) is 0 Å². The number of aromatic nitrogens is 2. The van der Waals surface area contributed by atoms with Crippen molar-refractivity contribution in [2.24, 2.45) is 10.4 Å². The molecule has 0 radical (unpaired) electrons. The zero-order chi connectivity index (χ0) is 15.6. The van der Waals surface area contributed by atoms with Gasteiger partial charge >= 0.3 is 6.55 Å². The van der Waals surface area contributed by atoms with E-state index in [0.29, 0.717) is 5.82 Å². The predicted molar refractivity (Wildman–Crippen MR) is 77.7 cm³/mol. The molecule has 8 heteroatoms. The standard InChI is InChI=1S/C14H21F2N5O/c1-17-13(19-8-11-18-4-6-21(11)12(15)16)20-5-2-14(9-20)3-7-22-10-14/h4,6,12H,2-3,5,7-10H2,1H3,(H,17,19). The van der Waals surface area contributed by atoms with Crippen LogP contribution in [0.25, 0.3) is 0 Å². The van der Waals surface area contributed by atoms with E-state index in [9.17, 15) is 8.78 Å². The van der Waals surface area contributed by atoms with Gasteiger partial charge in [-0.25, -0.2) is 4.98 Å². The Bertz CT molecular complexity index is 539. The van der Waals surface area contributed by atoms with Gasteiger partial charge in [-0.2, -0.15) is 8.78 Å². The van der Waals surface area contributed by atoms with Gasteiger partial charge < -0.3 is 15.0 Å². The van der Waals surface area contributed by atoms with Crippen LogP contribution in [0.1, 0.15) is 25.2 Å². The molecule has 0 bridgehead atoms. The molecule has 22 heavy (non-hydrogen) atoms. The number of halogens is 2. The molecule has 6 nitrogen and oxygen atoms in total. The second-order valence-electron chi connectivity index (χ2n) is 5.90. The maximum atomic E-state index is 12.8. The summed E-state index contributed by atoms with van der Waals surface area (Å²) in [7, 11) is 1.71. The zero-order valence-corrected chi connectivity index (χ0v) is 12.6. The lowest BCUT2D eigenvalue weighted by atomic mass is 9.87. The number of hydrogen-bond donors (Lipinski definition) is 1. The van der Waals surface area contributed by atoms with Gasteiger partial charge in [0.15, 0.2) is 5.96 Å². The molecule has 1 aromatic rings. The summed E-state index contributed by atoms with van der Waals surface area (Å²) in [5.74, 6) is 1.03. The van der Waals surface area contributed by atoms with Gasteiger partial charge in [0.1, 0.15) is 5.82 Å². The Labute approximate surface area is 128 Å². The van der Waals surface area contributed by atoms with E-state index in [1.165, 1.54) is 12.4 Å². The monoisotopic (exact) mass is 313 g/mol. The van der Waals surface area contributed by atoms with Gasteiger partial charge in [-0.05, 0) is 12.8 Å². The Hall–Kier alpha value is -1.70. The first-order valence-electron chi connectivity index (χ1n) is 7.47. The molecule has 3 heterocycles. The Morgan fingerprint density at radius 1 is 1.55 bits per heavy atom. The summed E-state index contributed by atoms with van der Waals surface area (Å²) < 4.78 is 32.0. The van der Waals surface area contributed by atoms with Crippen LogP contribution in [0.4, 0.5) is 8.78 Å². The maximum Gasteiger partial charge on any atom is 0.319 e. The highest BCUT2D eigenvalue weighted by Crippen LogP contribution is 2.38.